The number of carbonyl (C=O) groups is 1. The molecule has 2 saturated heterocycles. The molecule has 0 radical (unpaired) electrons. The topological polar surface area (TPSA) is 23.6 Å². The van der Waals surface area contributed by atoms with Gasteiger partial charge in [0, 0.05) is 13.1 Å². The number of aldehydes is 1. The van der Waals surface area contributed by atoms with Crippen molar-refractivity contribution >= 4 is 15.0 Å². The maximum absolute atomic E-state index is 10.4. The van der Waals surface area contributed by atoms with E-state index in [9.17, 15) is 4.79 Å². The van der Waals surface area contributed by atoms with Crippen molar-refractivity contribution in [3.8, 4) is 0 Å². The van der Waals surface area contributed by atoms with Gasteiger partial charge in [0.25, 0.3) is 0 Å². The molecular formula is C10H19N2OP. The fourth-order valence-electron chi connectivity index (χ4n) is 2.55. The standard InChI is InChI=1S/C10H19N2OP/c1-14-12-8-10(9-12)2-4-11(5-3-10)6-7-13/h7,14H,2-6,8-9H2,1H3. The van der Waals surface area contributed by atoms with Crippen LogP contribution in [0.5, 0.6) is 0 Å². The summed E-state index contributed by atoms with van der Waals surface area (Å²) < 4.78 is 2.54. The Morgan fingerprint density at radius 2 is 2.00 bits per heavy atom. The van der Waals surface area contributed by atoms with Gasteiger partial charge in [0.05, 0.1) is 6.54 Å². The van der Waals surface area contributed by atoms with Crippen LogP contribution in [0.1, 0.15) is 12.8 Å². The highest BCUT2D eigenvalue weighted by Crippen LogP contribution is 2.44. The molecule has 1 unspecified atom stereocenters. The summed E-state index contributed by atoms with van der Waals surface area (Å²) in [5.74, 6) is 0. The van der Waals surface area contributed by atoms with Crippen LogP contribution >= 0.6 is 8.73 Å². The molecule has 80 valence electrons. The van der Waals surface area contributed by atoms with E-state index in [2.05, 4.69) is 16.2 Å². The minimum Gasteiger partial charge on any atom is -0.302 e. The number of nitrogens with zero attached hydrogens (tertiary/aromatic N) is 2. The van der Waals surface area contributed by atoms with Crippen molar-refractivity contribution in [1.29, 1.82) is 0 Å². The van der Waals surface area contributed by atoms with Crippen LogP contribution in [-0.2, 0) is 4.79 Å². The quantitative estimate of drug-likeness (QED) is 0.513. The average molecular weight is 214 g/mol. The summed E-state index contributed by atoms with van der Waals surface area (Å²) in [5, 5.41) is 0. The summed E-state index contributed by atoms with van der Waals surface area (Å²) in [6, 6.07) is 0. The van der Waals surface area contributed by atoms with Gasteiger partial charge in [-0.15, -0.1) is 0 Å². The molecule has 0 aromatic carbocycles. The van der Waals surface area contributed by atoms with Gasteiger partial charge >= 0.3 is 0 Å². The van der Waals surface area contributed by atoms with Crippen LogP contribution in [0.25, 0.3) is 0 Å². The molecule has 14 heavy (non-hydrogen) atoms. The molecule has 3 nitrogen and oxygen atoms in total. The summed E-state index contributed by atoms with van der Waals surface area (Å²) in [4.78, 5) is 12.6. The highest BCUT2D eigenvalue weighted by atomic mass is 31.1. The second-order valence-corrected chi connectivity index (χ2v) is 5.63. The molecule has 2 aliphatic heterocycles. The lowest BCUT2D eigenvalue weighted by Crippen LogP contribution is -2.57. The van der Waals surface area contributed by atoms with Crippen LogP contribution in [0.4, 0.5) is 0 Å². The molecule has 2 aliphatic rings. The first-order valence-electron chi connectivity index (χ1n) is 5.36. The molecule has 0 saturated carbocycles. The number of carbonyl (C=O) groups excluding carboxylic acids is 1. The fourth-order valence-corrected chi connectivity index (χ4v) is 3.54. The van der Waals surface area contributed by atoms with Gasteiger partial charge in [0.1, 0.15) is 6.29 Å². The van der Waals surface area contributed by atoms with Gasteiger partial charge in [0.15, 0.2) is 0 Å². The third kappa shape index (κ3) is 2.00. The average Bonchev–Trinajstić information content (AvgIpc) is 2.16. The van der Waals surface area contributed by atoms with Gasteiger partial charge in [-0.3, -0.25) is 9.57 Å². The van der Waals surface area contributed by atoms with Crippen molar-refractivity contribution in [3.05, 3.63) is 0 Å². The smallest absolute Gasteiger partial charge is 0.133 e. The molecule has 0 amide bonds. The molecule has 0 aliphatic carbocycles. The molecule has 0 N–H and O–H groups in total. The van der Waals surface area contributed by atoms with Gasteiger partial charge in [-0.05, 0) is 38.0 Å². The number of piperidine rings is 1. The minimum absolute atomic E-state index is 0.627. The molecule has 2 rings (SSSR count). The fraction of sp³-hybridized carbons (Fsp3) is 0.900. The first-order chi connectivity index (χ1) is 6.78. The van der Waals surface area contributed by atoms with E-state index < -0.39 is 0 Å². The van der Waals surface area contributed by atoms with Crippen molar-refractivity contribution in [1.82, 2.24) is 9.57 Å². The van der Waals surface area contributed by atoms with Crippen molar-refractivity contribution in [2.24, 2.45) is 5.41 Å². The molecular weight excluding hydrogens is 195 g/mol. The van der Waals surface area contributed by atoms with Gasteiger partial charge in [-0.1, -0.05) is 8.73 Å². The molecule has 2 fully saturated rings. The summed E-state index contributed by atoms with van der Waals surface area (Å²) in [6.45, 7) is 7.75. The Kier molecular flexibility index (Phi) is 3.20. The van der Waals surface area contributed by atoms with E-state index in [1.54, 1.807) is 0 Å². The second-order valence-electron chi connectivity index (χ2n) is 4.55. The SMILES string of the molecule is CPN1CC2(CCN(CC=O)CC2)C1. The van der Waals surface area contributed by atoms with E-state index in [-0.39, 0.29) is 0 Å². The van der Waals surface area contributed by atoms with E-state index in [1.165, 1.54) is 25.9 Å². The van der Waals surface area contributed by atoms with E-state index >= 15 is 0 Å². The largest absolute Gasteiger partial charge is 0.302 e. The van der Waals surface area contributed by atoms with E-state index in [1.807, 2.05) is 0 Å². The summed E-state index contributed by atoms with van der Waals surface area (Å²) in [6.07, 6.45) is 3.61. The second kappa shape index (κ2) is 4.26. The van der Waals surface area contributed by atoms with Crippen molar-refractivity contribution in [3.63, 3.8) is 0 Å². The lowest BCUT2D eigenvalue weighted by molar-refractivity contribution is -0.109. The maximum atomic E-state index is 10.4. The first kappa shape index (κ1) is 10.5. The Labute approximate surface area is 87.7 Å². The van der Waals surface area contributed by atoms with Gasteiger partial charge in [-0.2, -0.15) is 0 Å². The highest BCUT2D eigenvalue weighted by Gasteiger charge is 2.43. The Morgan fingerprint density at radius 1 is 1.36 bits per heavy atom. The summed E-state index contributed by atoms with van der Waals surface area (Å²) in [7, 11) is 0.974. The Balaban J connectivity index is 1.77. The molecule has 2 heterocycles. The number of likely N-dealkylation sites (tertiary alicyclic amines) is 1. The Morgan fingerprint density at radius 3 is 2.50 bits per heavy atom. The normalized spacial score (nSPS) is 28.4. The minimum atomic E-state index is 0.627. The molecule has 4 heteroatoms. The zero-order valence-corrected chi connectivity index (χ0v) is 9.83. The van der Waals surface area contributed by atoms with Gasteiger partial charge < -0.3 is 4.79 Å². The zero-order valence-electron chi connectivity index (χ0n) is 8.83. The third-order valence-corrected chi connectivity index (χ3v) is 4.57. The lowest BCUT2D eigenvalue weighted by atomic mass is 9.73. The van der Waals surface area contributed by atoms with E-state index in [0.29, 0.717) is 12.0 Å². The van der Waals surface area contributed by atoms with Crippen LogP contribution in [0, 0.1) is 5.41 Å². The molecule has 0 aromatic rings. The Hall–Kier alpha value is 0.0200. The molecule has 1 atom stereocenters. The van der Waals surface area contributed by atoms with Crippen LogP contribution in [0.3, 0.4) is 0 Å². The van der Waals surface area contributed by atoms with E-state index in [4.69, 9.17) is 0 Å². The monoisotopic (exact) mass is 214 g/mol. The summed E-state index contributed by atoms with van der Waals surface area (Å²) >= 11 is 0. The zero-order chi connectivity index (χ0) is 10.0. The van der Waals surface area contributed by atoms with Gasteiger partial charge in [0.2, 0.25) is 0 Å². The van der Waals surface area contributed by atoms with Crippen LogP contribution in [0.2, 0.25) is 0 Å². The maximum Gasteiger partial charge on any atom is 0.133 e. The Bertz CT molecular complexity index is 206. The predicted molar refractivity (Wildman–Crippen MR) is 60.0 cm³/mol. The number of hydrogen-bond acceptors (Lipinski definition) is 3. The van der Waals surface area contributed by atoms with Crippen molar-refractivity contribution < 1.29 is 4.79 Å². The van der Waals surface area contributed by atoms with E-state index in [0.717, 1.165) is 28.1 Å². The highest BCUT2D eigenvalue weighted by molar-refractivity contribution is 7.34. The van der Waals surface area contributed by atoms with Crippen molar-refractivity contribution in [2.45, 2.75) is 12.8 Å². The van der Waals surface area contributed by atoms with Crippen LogP contribution in [0.15, 0.2) is 0 Å². The lowest BCUT2D eigenvalue weighted by Gasteiger charge is -2.53. The van der Waals surface area contributed by atoms with Gasteiger partial charge in [-0.25, -0.2) is 0 Å². The summed E-state index contributed by atoms with van der Waals surface area (Å²) in [5.41, 5.74) is 0.627. The van der Waals surface area contributed by atoms with Crippen LogP contribution < -0.4 is 0 Å². The molecule has 0 aromatic heterocycles. The van der Waals surface area contributed by atoms with Crippen LogP contribution in [-0.4, -0.2) is 55.2 Å². The number of rotatable bonds is 3. The molecule has 0 bridgehead atoms. The molecule has 1 spiro atoms. The van der Waals surface area contributed by atoms with Crippen molar-refractivity contribution in [2.75, 3.05) is 39.4 Å². The first-order valence-corrected chi connectivity index (χ1v) is 6.81. The third-order valence-electron chi connectivity index (χ3n) is 3.62. The predicted octanol–water partition coefficient (Wildman–Crippen LogP) is 0.806. The number of hydrogen-bond donors (Lipinski definition) is 0.